The lowest BCUT2D eigenvalue weighted by atomic mass is 10.1. The first-order valence-corrected chi connectivity index (χ1v) is 9.02. The monoisotopic (exact) mass is 309 g/mol. The molecule has 0 aromatic heterocycles. The number of aryl methyl sites for hydroxylation is 1. The highest BCUT2D eigenvalue weighted by Crippen LogP contribution is 2.26. The number of nitrogens with one attached hydrogen (secondary N) is 2. The van der Waals surface area contributed by atoms with Gasteiger partial charge in [-0.1, -0.05) is 39.2 Å². The van der Waals surface area contributed by atoms with E-state index in [2.05, 4.69) is 22.0 Å². The fourth-order valence-corrected chi connectivity index (χ4v) is 3.44. The Morgan fingerprint density at radius 1 is 1.14 bits per heavy atom. The molecule has 5 nitrogen and oxygen atoms in total. The van der Waals surface area contributed by atoms with Crippen molar-refractivity contribution >= 4 is 21.7 Å². The molecule has 0 atom stereocenters. The van der Waals surface area contributed by atoms with Gasteiger partial charge in [0.2, 0.25) is 5.96 Å². The maximum atomic E-state index is 12.3. The van der Waals surface area contributed by atoms with Crippen LogP contribution in [0.15, 0.2) is 28.1 Å². The number of aliphatic imine (C=N–C) groups is 1. The molecule has 2 N–H and O–H groups in total. The minimum Gasteiger partial charge on any atom is -0.324 e. The van der Waals surface area contributed by atoms with Crippen LogP contribution >= 0.6 is 0 Å². The summed E-state index contributed by atoms with van der Waals surface area (Å²) in [4.78, 5) is 4.61. The lowest BCUT2D eigenvalue weighted by molar-refractivity contribution is 0.591. The van der Waals surface area contributed by atoms with Crippen LogP contribution in [-0.2, 0) is 16.4 Å². The first-order valence-electron chi connectivity index (χ1n) is 7.54. The number of rotatable bonds is 6. The van der Waals surface area contributed by atoms with E-state index in [-0.39, 0.29) is 0 Å². The molecule has 1 aliphatic heterocycles. The largest absolute Gasteiger partial charge is 0.324 e. The van der Waals surface area contributed by atoms with Crippen molar-refractivity contribution in [2.75, 3.05) is 11.9 Å². The molecule has 1 aromatic rings. The molecule has 0 unspecified atom stereocenters. The van der Waals surface area contributed by atoms with E-state index in [1.807, 2.05) is 13.0 Å². The van der Waals surface area contributed by atoms with Gasteiger partial charge in [-0.25, -0.2) is 13.1 Å². The second kappa shape index (κ2) is 6.93. The Hall–Kier alpha value is -1.56. The van der Waals surface area contributed by atoms with Crippen LogP contribution in [0.25, 0.3) is 0 Å². The molecule has 0 amide bonds. The van der Waals surface area contributed by atoms with Crippen LogP contribution in [0.4, 0.5) is 5.69 Å². The summed E-state index contributed by atoms with van der Waals surface area (Å²) >= 11 is 0. The molecule has 0 aliphatic carbocycles. The highest BCUT2D eigenvalue weighted by atomic mass is 32.2. The van der Waals surface area contributed by atoms with Crippen molar-refractivity contribution in [2.24, 2.45) is 4.99 Å². The summed E-state index contributed by atoms with van der Waals surface area (Å²) in [7, 11) is -3.51. The fourth-order valence-electron chi connectivity index (χ4n) is 2.25. The van der Waals surface area contributed by atoms with E-state index in [1.54, 1.807) is 12.1 Å². The number of hydrogen-bond donors (Lipinski definition) is 2. The Kier molecular flexibility index (Phi) is 5.22. The van der Waals surface area contributed by atoms with Crippen molar-refractivity contribution < 1.29 is 8.42 Å². The van der Waals surface area contributed by atoms with E-state index in [0.717, 1.165) is 24.8 Å². The second-order valence-corrected chi connectivity index (χ2v) is 6.86. The zero-order valence-electron chi connectivity index (χ0n) is 12.6. The predicted molar refractivity (Wildman–Crippen MR) is 86.2 cm³/mol. The van der Waals surface area contributed by atoms with E-state index in [9.17, 15) is 8.42 Å². The van der Waals surface area contributed by atoms with Crippen molar-refractivity contribution in [1.29, 1.82) is 0 Å². The van der Waals surface area contributed by atoms with Gasteiger partial charge < -0.3 is 5.32 Å². The van der Waals surface area contributed by atoms with Crippen molar-refractivity contribution in [3.05, 3.63) is 23.8 Å². The molecule has 1 aliphatic rings. The Balaban J connectivity index is 2.12. The Bertz CT molecular complexity index is 624. The molecule has 0 bridgehead atoms. The maximum Gasteiger partial charge on any atom is 0.266 e. The van der Waals surface area contributed by atoms with E-state index in [0.29, 0.717) is 23.1 Å². The molecular formula is C15H23N3O2S. The maximum absolute atomic E-state index is 12.3. The summed E-state index contributed by atoms with van der Waals surface area (Å²) in [6.07, 6.45) is 5.27. The summed E-state index contributed by atoms with van der Waals surface area (Å²) in [6, 6.07) is 5.45. The van der Waals surface area contributed by atoms with Gasteiger partial charge in [0, 0.05) is 6.54 Å². The third-order valence-corrected chi connectivity index (χ3v) is 4.89. The normalized spacial score (nSPS) is 17.9. The molecule has 0 saturated heterocycles. The molecule has 0 spiro atoms. The molecule has 0 saturated carbocycles. The summed E-state index contributed by atoms with van der Waals surface area (Å²) in [5.41, 5.74) is 1.60. The van der Waals surface area contributed by atoms with Gasteiger partial charge in [0.15, 0.2) is 0 Å². The number of nitrogens with zero attached hydrogens (tertiary/aromatic N) is 1. The molecule has 2 rings (SSSR count). The number of unbranched alkanes of at least 4 members (excludes halogenated alkanes) is 3. The highest BCUT2D eigenvalue weighted by Gasteiger charge is 2.26. The quantitative estimate of drug-likeness (QED) is 0.794. The SMILES string of the molecule is CCCCCCN=C1Nc2ccc(CC)cc2S(=O)(=O)N1. The average Bonchev–Trinajstić information content (AvgIpc) is 2.46. The van der Waals surface area contributed by atoms with Gasteiger partial charge in [0.25, 0.3) is 10.0 Å². The average molecular weight is 309 g/mol. The Morgan fingerprint density at radius 2 is 1.95 bits per heavy atom. The van der Waals surface area contributed by atoms with Crippen LogP contribution in [0.3, 0.4) is 0 Å². The molecular weight excluding hydrogens is 286 g/mol. The third-order valence-electron chi connectivity index (χ3n) is 3.51. The van der Waals surface area contributed by atoms with Crippen molar-refractivity contribution in [2.45, 2.75) is 50.8 Å². The van der Waals surface area contributed by atoms with Crippen LogP contribution < -0.4 is 10.0 Å². The fraction of sp³-hybridized carbons (Fsp3) is 0.533. The zero-order chi connectivity index (χ0) is 15.3. The topological polar surface area (TPSA) is 70.6 Å². The lowest BCUT2D eigenvalue weighted by Crippen LogP contribution is -2.40. The molecule has 0 radical (unpaired) electrons. The van der Waals surface area contributed by atoms with Crippen LogP contribution in [-0.4, -0.2) is 20.9 Å². The van der Waals surface area contributed by atoms with Crippen molar-refractivity contribution in [3.63, 3.8) is 0 Å². The van der Waals surface area contributed by atoms with E-state index in [1.165, 1.54) is 12.8 Å². The van der Waals surface area contributed by atoms with Gasteiger partial charge in [0.05, 0.1) is 5.69 Å². The first-order chi connectivity index (χ1) is 10.1. The highest BCUT2D eigenvalue weighted by molar-refractivity contribution is 7.90. The number of fused-ring (bicyclic) bond motifs is 1. The number of anilines is 1. The summed E-state index contributed by atoms with van der Waals surface area (Å²) in [5, 5.41) is 3.05. The van der Waals surface area contributed by atoms with E-state index >= 15 is 0 Å². The minimum atomic E-state index is -3.51. The summed E-state index contributed by atoms with van der Waals surface area (Å²) in [5.74, 6) is 0.322. The summed E-state index contributed by atoms with van der Waals surface area (Å²) in [6.45, 7) is 4.79. The van der Waals surface area contributed by atoms with Crippen LogP contribution in [0.5, 0.6) is 0 Å². The van der Waals surface area contributed by atoms with Gasteiger partial charge in [-0.2, -0.15) is 0 Å². The molecule has 1 heterocycles. The molecule has 116 valence electrons. The van der Waals surface area contributed by atoms with Crippen molar-refractivity contribution in [1.82, 2.24) is 4.72 Å². The zero-order valence-corrected chi connectivity index (χ0v) is 13.5. The summed E-state index contributed by atoms with van der Waals surface area (Å²) < 4.78 is 27.0. The molecule has 1 aromatic carbocycles. The van der Waals surface area contributed by atoms with Gasteiger partial charge in [-0.05, 0) is 30.5 Å². The van der Waals surface area contributed by atoms with Crippen LogP contribution in [0, 0.1) is 0 Å². The second-order valence-electron chi connectivity index (χ2n) is 5.21. The minimum absolute atomic E-state index is 0.298. The van der Waals surface area contributed by atoms with Crippen LogP contribution in [0.2, 0.25) is 0 Å². The van der Waals surface area contributed by atoms with Crippen LogP contribution in [0.1, 0.15) is 45.1 Å². The van der Waals surface area contributed by atoms with Crippen molar-refractivity contribution in [3.8, 4) is 0 Å². The lowest BCUT2D eigenvalue weighted by Gasteiger charge is -2.22. The van der Waals surface area contributed by atoms with E-state index in [4.69, 9.17) is 0 Å². The predicted octanol–water partition coefficient (Wildman–Crippen LogP) is 2.89. The number of hydrogen-bond acceptors (Lipinski definition) is 3. The van der Waals surface area contributed by atoms with Gasteiger partial charge in [-0.3, -0.25) is 4.99 Å². The van der Waals surface area contributed by atoms with Gasteiger partial charge in [0.1, 0.15) is 4.90 Å². The Labute approximate surface area is 126 Å². The molecule has 0 fully saturated rings. The first kappa shape index (κ1) is 15.8. The third kappa shape index (κ3) is 3.97. The standard InChI is InChI=1S/C15H23N3O2S/c1-3-5-6-7-10-16-15-17-13-9-8-12(4-2)11-14(13)21(19,20)18-15/h8-9,11H,3-7,10H2,1-2H3,(H2,16,17,18). The van der Waals surface area contributed by atoms with Gasteiger partial charge in [-0.15, -0.1) is 0 Å². The smallest absolute Gasteiger partial charge is 0.266 e. The number of guanidine groups is 1. The molecule has 21 heavy (non-hydrogen) atoms. The van der Waals surface area contributed by atoms with Gasteiger partial charge >= 0.3 is 0 Å². The number of sulfonamides is 1. The number of benzene rings is 1. The van der Waals surface area contributed by atoms with E-state index < -0.39 is 10.0 Å². The molecule has 6 heteroatoms. The Morgan fingerprint density at radius 3 is 2.67 bits per heavy atom.